The van der Waals surface area contributed by atoms with Crippen molar-refractivity contribution in [3.63, 3.8) is 0 Å². The zero-order valence-electron chi connectivity index (χ0n) is 19.9. The van der Waals surface area contributed by atoms with E-state index in [1.165, 1.54) is 9.80 Å². The van der Waals surface area contributed by atoms with E-state index >= 15 is 0 Å². The monoisotopic (exact) mass is 516 g/mol. The molecule has 2 amide bonds. The summed E-state index contributed by atoms with van der Waals surface area (Å²) in [6.07, 6.45) is 3.18. The topological polar surface area (TPSA) is 76.2 Å². The van der Waals surface area contributed by atoms with Crippen LogP contribution in [0.15, 0.2) is 91.0 Å². The molecule has 0 saturated carbocycles. The number of nitrogens with zero attached hydrogens (tertiary/aromatic N) is 2. The van der Waals surface area contributed by atoms with Gasteiger partial charge in [-0.3, -0.25) is 14.5 Å². The molecule has 2 unspecified atom stereocenters. The number of β-lactam (4-membered cyclic amide) rings is 1. The standard InChI is InChI=1S/C29H25ClN2O5/c30-23-13-7-10-21(16-23)18-36-26(33)17-31-24(15-14-20-8-3-1-4-9-20)27(28(31)34)32-25(19-37-29(32)35)22-11-5-2-6-12-22/h1-16,24-25,27H,17-19H2/t24?,25-,27?/m1/s1. The Bertz CT molecular complexity index is 1310. The van der Waals surface area contributed by atoms with Crippen LogP contribution >= 0.6 is 11.6 Å². The lowest BCUT2D eigenvalue weighted by Gasteiger charge is -2.49. The highest BCUT2D eigenvalue weighted by Gasteiger charge is 2.55. The Morgan fingerprint density at radius 2 is 1.73 bits per heavy atom. The number of ether oxygens (including phenoxy) is 2. The molecule has 5 rings (SSSR count). The van der Waals surface area contributed by atoms with Gasteiger partial charge in [-0.05, 0) is 28.8 Å². The van der Waals surface area contributed by atoms with E-state index in [1.54, 1.807) is 24.3 Å². The third-order valence-corrected chi connectivity index (χ3v) is 6.72. The first-order valence-corrected chi connectivity index (χ1v) is 12.3. The fraction of sp³-hybridized carbons (Fsp3) is 0.207. The summed E-state index contributed by atoms with van der Waals surface area (Å²) in [6, 6.07) is 24.4. The smallest absolute Gasteiger partial charge is 0.411 e. The number of esters is 1. The highest BCUT2D eigenvalue weighted by molar-refractivity contribution is 6.30. The van der Waals surface area contributed by atoms with E-state index in [4.69, 9.17) is 21.1 Å². The maximum atomic E-state index is 13.4. The third-order valence-electron chi connectivity index (χ3n) is 6.49. The molecule has 0 N–H and O–H groups in total. The summed E-state index contributed by atoms with van der Waals surface area (Å²) in [5, 5.41) is 0.547. The van der Waals surface area contributed by atoms with Crippen molar-refractivity contribution in [3.8, 4) is 0 Å². The van der Waals surface area contributed by atoms with Crippen molar-refractivity contribution in [1.82, 2.24) is 9.80 Å². The number of benzene rings is 3. The van der Waals surface area contributed by atoms with Crippen molar-refractivity contribution in [2.75, 3.05) is 13.2 Å². The molecule has 3 aromatic rings. The first-order chi connectivity index (χ1) is 18.0. The highest BCUT2D eigenvalue weighted by Crippen LogP contribution is 2.37. The van der Waals surface area contributed by atoms with E-state index < -0.39 is 30.2 Å². The van der Waals surface area contributed by atoms with Gasteiger partial charge in [0.15, 0.2) is 0 Å². The minimum Gasteiger partial charge on any atom is -0.459 e. The van der Waals surface area contributed by atoms with E-state index in [0.717, 1.165) is 16.7 Å². The minimum atomic E-state index is -0.791. The lowest BCUT2D eigenvalue weighted by molar-refractivity contribution is -0.163. The van der Waals surface area contributed by atoms with Crippen LogP contribution in [0.2, 0.25) is 5.02 Å². The molecule has 2 aliphatic heterocycles. The van der Waals surface area contributed by atoms with Gasteiger partial charge in [0.05, 0.1) is 12.1 Å². The molecule has 3 aromatic carbocycles. The second kappa shape index (κ2) is 10.9. The molecule has 0 radical (unpaired) electrons. The van der Waals surface area contributed by atoms with Crippen LogP contribution < -0.4 is 0 Å². The molecular weight excluding hydrogens is 492 g/mol. The zero-order chi connectivity index (χ0) is 25.8. The number of carbonyl (C=O) groups is 3. The molecule has 0 aromatic heterocycles. The van der Waals surface area contributed by atoms with Crippen molar-refractivity contribution >= 4 is 35.6 Å². The Balaban J connectivity index is 1.35. The second-order valence-corrected chi connectivity index (χ2v) is 9.31. The number of rotatable bonds is 8. The predicted octanol–water partition coefficient (Wildman–Crippen LogP) is 4.87. The molecule has 2 saturated heterocycles. The summed E-state index contributed by atoms with van der Waals surface area (Å²) >= 11 is 6.00. The number of hydrogen-bond donors (Lipinski definition) is 0. The van der Waals surface area contributed by atoms with Gasteiger partial charge >= 0.3 is 12.1 Å². The Morgan fingerprint density at radius 3 is 2.46 bits per heavy atom. The number of amides is 2. The first kappa shape index (κ1) is 24.6. The quantitative estimate of drug-likeness (QED) is 0.315. The summed E-state index contributed by atoms with van der Waals surface area (Å²) in [5.41, 5.74) is 2.57. The Labute approximate surface area is 219 Å². The zero-order valence-corrected chi connectivity index (χ0v) is 20.7. The van der Waals surface area contributed by atoms with Gasteiger partial charge in [0.2, 0.25) is 5.91 Å². The molecule has 3 atom stereocenters. The normalized spacial score (nSPS) is 21.2. The van der Waals surface area contributed by atoms with Crippen LogP contribution in [0, 0.1) is 0 Å². The van der Waals surface area contributed by atoms with Crippen LogP contribution in [0.4, 0.5) is 4.79 Å². The molecular formula is C29H25ClN2O5. The maximum absolute atomic E-state index is 13.4. The van der Waals surface area contributed by atoms with E-state index in [1.807, 2.05) is 72.8 Å². The van der Waals surface area contributed by atoms with Crippen molar-refractivity contribution in [1.29, 1.82) is 0 Å². The van der Waals surface area contributed by atoms with Crippen LogP contribution in [-0.2, 0) is 25.7 Å². The molecule has 2 fully saturated rings. The van der Waals surface area contributed by atoms with Crippen LogP contribution in [0.5, 0.6) is 0 Å². The second-order valence-electron chi connectivity index (χ2n) is 8.87. The number of cyclic esters (lactones) is 1. The molecule has 7 nitrogen and oxygen atoms in total. The maximum Gasteiger partial charge on any atom is 0.411 e. The summed E-state index contributed by atoms with van der Waals surface area (Å²) in [5.74, 6) is -0.879. The molecule has 0 aliphatic carbocycles. The van der Waals surface area contributed by atoms with Gasteiger partial charge in [-0.15, -0.1) is 0 Å². The van der Waals surface area contributed by atoms with E-state index in [9.17, 15) is 14.4 Å². The Hall–Kier alpha value is -4.10. The Morgan fingerprint density at radius 1 is 1.00 bits per heavy atom. The summed E-state index contributed by atoms with van der Waals surface area (Å²) < 4.78 is 10.8. The molecule has 0 spiro atoms. The molecule has 2 heterocycles. The van der Waals surface area contributed by atoms with Crippen LogP contribution in [0.25, 0.3) is 6.08 Å². The molecule has 8 heteroatoms. The van der Waals surface area contributed by atoms with Crippen LogP contribution in [0.1, 0.15) is 22.7 Å². The molecule has 188 valence electrons. The van der Waals surface area contributed by atoms with Gasteiger partial charge in [0.25, 0.3) is 0 Å². The van der Waals surface area contributed by atoms with Crippen molar-refractivity contribution in [2.24, 2.45) is 0 Å². The molecule has 0 bridgehead atoms. The average Bonchev–Trinajstić information content (AvgIpc) is 3.29. The van der Waals surface area contributed by atoms with E-state index in [2.05, 4.69) is 0 Å². The molecule has 2 aliphatic rings. The summed E-state index contributed by atoms with van der Waals surface area (Å²) in [4.78, 5) is 41.7. The number of carbonyl (C=O) groups excluding carboxylic acids is 3. The van der Waals surface area contributed by atoms with Gasteiger partial charge in [0.1, 0.15) is 25.8 Å². The van der Waals surface area contributed by atoms with Gasteiger partial charge < -0.3 is 14.4 Å². The van der Waals surface area contributed by atoms with Crippen molar-refractivity contribution in [2.45, 2.75) is 24.7 Å². The SMILES string of the molecule is O=C(CN1C(=O)C(N2C(=O)OC[C@@H]2c2ccccc2)C1C=Cc1ccccc1)OCc1cccc(Cl)c1. The van der Waals surface area contributed by atoms with Gasteiger partial charge in [-0.25, -0.2) is 4.79 Å². The van der Waals surface area contributed by atoms with Gasteiger partial charge in [-0.1, -0.05) is 96.5 Å². The first-order valence-electron chi connectivity index (χ1n) is 11.9. The van der Waals surface area contributed by atoms with E-state index in [0.29, 0.717) is 5.02 Å². The van der Waals surface area contributed by atoms with Crippen LogP contribution in [-0.4, -0.2) is 53.0 Å². The third kappa shape index (κ3) is 5.37. The fourth-order valence-electron chi connectivity index (χ4n) is 4.65. The summed E-state index contributed by atoms with van der Waals surface area (Å²) in [7, 11) is 0. The van der Waals surface area contributed by atoms with Gasteiger partial charge in [0, 0.05) is 5.02 Å². The highest BCUT2D eigenvalue weighted by atomic mass is 35.5. The lowest BCUT2D eigenvalue weighted by atomic mass is 9.90. The minimum absolute atomic E-state index is 0.0455. The number of likely N-dealkylation sites (tertiary alicyclic amines) is 1. The number of halogens is 1. The van der Waals surface area contributed by atoms with Gasteiger partial charge in [-0.2, -0.15) is 0 Å². The average molecular weight is 517 g/mol. The number of hydrogen-bond acceptors (Lipinski definition) is 5. The van der Waals surface area contributed by atoms with E-state index in [-0.39, 0.29) is 25.7 Å². The largest absolute Gasteiger partial charge is 0.459 e. The summed E-state index contributed by atoms with van der Waals surface area (Å²) in [6.45, 7) is -0.0358. The Kier molecular flexibility index (Phi) is 7.23. The van der Waals surface area contributed by atoms with Crippen molar-refractivity contribution in [3.05, 3.63) is 113 Å². The predicted molar refractivity (Wildman–Crippen MR) is 138 cm³/mol. The van der Waals surface area contributed by atoms with Crippen LogP contribution in [0.3, 0.4) is 0 Å². The fourth-order valence-corrected chi connectivity index (χ4v) is 4.86. The molecule has 37 heavy (non-hydrogen) atoms. The van der Waals surface area contributed by atoms with Crippen molar-refractivity contribution < 1.29 is 23.9 Å². The lowest BCUT2D eigenvalue weighted by Crippen LogP contribution is -2.71.